The lowest BCUT2D eigenvalue weighted by molar-refractivity contribution is -0.128. The minimum Gasteiger partial charge on any atom is -0.497 e. The van der Waals surface area contributed by atoms with E-state index >= 15 is 0 Å². The molecule has 2 aliphatic rings. The summed E-state index contributed by atoms with van der Waals surface area (Å²) in [5, 5.41) is 3.06. The van der Waals surface area contributed by atoms with Gasteiger partial charge in [0.2, 0.25) is 10.0 Å². The standard InChI is InChI=1S/C26H35N3O5S/c1-20(26(30)27-21-6-4-3-5-7-21)34-24-12-14-25(15-13-24)35(31,32)29-18-16-28(17-19-29)22-8-10-23(33-2)11-9-22/h8-15,20-21H,3-7,16-19H2,1-2H3,(H,27,30)/t20-/m0/s1. The molecule has 0 unspecified atom stereocenters. The highest BCUT2D eigenvalue weighted by atomic mass is 32.2. The minimum atomic E-state index is -3.61. The Hall–Kier alpha value is -2.78. The Morgan fingerprint density at radius 2 is 1.51 bits per heavy atom. The monoisotopic (exact) mass is 501 g/mol. The lowest BCUT2D eigenvalue weighted by atomic mass is 9.95. The second kappa shape index (κ2) is 11.3. The summed E-state index contributed by atoms with van der Waals surface area (Å²) in [6.45, 7) is 3.75. The number of nitrogens with zero attached hydrogens (tertiary/aromatic N) is 2. The topological polar surface area (TPSA) is 88.2 Å². The average Bonchev–Trinajstić information content (AvgIpc) is 2.89. The van der Waals surface area contributed by atoms with Gasteiger partial charge < -0.3 is 19.7 Å². The molecule has 8 nitrogen and oxygen atoms in total. The van der Waals surface area contributed by atoms with E-state index < -0.39 is 16.1 Å². The van der Waals surface area contributed by atoms with E-state index in [-0.39, 0.29) is 16.8 Å². The first-order valence-electron chi connectivity index (χ1n) is 12.3. The molecule has 0 radical (unpaired) electrons. The van der Waals surface area contributed by atoms with E-state index in [0.29, 0.717) is 31.9 Å². The van der Waals surface area contributed by atoms with Crippen molar-refractivity contribution in [2.24, 2.45) is 0 Å². The van der Waals surface area contributed by atoms with Gasteiger partial charge in [0.1, 0.15) is 11.5 Å². The van der Waals surface area contributed by atoms with Crippen molar-refractivity contribution in [1.29, 1.82) is 0 Å². The smallest absolute Gasteiger partial charge is 0.260 e. The van der Waals surface area contributed by atoms with Crippen LogP contribution < -0.4 is 19.7 Å². The van der Waals surface area contributed by atoms with E-state index in [4.69, 9.17) is 9.47 Å². The van der Waals surface area contributed by atoms with Gasteiger partial charge in [-0.2, -0.15) is 4.31 Å². The summed E-state index contributed by atoms with van der Waals surface area (Å²) in [5.41, 5.74) is 1.05. The number of hydrogen-bond donors (Lipinski definition) is 1. The Kier molecular flexibility index (Phi) is 8.18. The molecule has 2 fully saturated rings. The van der Waals surface area contributed by atoms with Crippen LogP contribution in [0.25, 0.3) is 0 Å². The number of methoxy groups -OCH3 is 1. The number of ether oxygens (including phenoxy) is 2. The van der Waals surface area contributed by atoms with Crippen LogP contribution in [0.1, 0.15) is 39.0 Å². The predicted molar refractivity (Wildman–Crippen MR) is 136 cm³/mol. The van der Waals surface area contributed by atoms with Crippen LogP contribution in [0.15, 0.2) is 53.4 Å². The lowest BCUT2D eigenvalue weighted by Gasteiger charge is -2.35. The number of anilines is 1. The molecule has 1 saturated carbocycles. The minimum absolute atomic E-state index is 0.136. The van der Waals surface area contributed by atoms with Crippen molar-refractivity contribution in [3.63, 3.8) is 0 Å². The van der Waals surface area contributed by atoms with E-state index in [1.54, 1.807) is 38.3 Å². The number of hydrogen-bond acceptors (Lipinski definition) is 6. The quantitative estimate of drug-likeness (QED) is 0.596. The number of piperazine rings is 1. The molecule has 2 aromatic carbocycles. The van der Waals surface area contributed by atoms with Crippen molar-refractivity contribution in [2.45, 2.75) is 56.1 Å². The summed E-state index contributed by atoms with van der Waals surface area (Å²) in [7, 11) is -1.98. The number of rotatable bonds is 8. The fourth-order valence-electron chi connectivity index (χ4n) is 4.64. The van der Waals surface area contributed by atoms with Gasteiger partial charge in [-0.1, -0.05) is 19.3 Å². The number of amides is 1. The molecule has 2 aromatic rings. The summed E-state index contributed by atoms with van der Waals surface area (Å²) < 4.78 is 38.8. The van der Waals surface area contributed by atoms with Crippen LogP contribution in [-0.4, -0.2) is 64.1 Å². The zero-order valence-electron chi connectivity index (χ0n) is 20.5. The summed E-state index contributed by atoms with van der Waals surface area (Å²) in [4.78, 5) is 14.9. The molecule has 0 spiro atoms. The van der Waals surface area contributed by atoms with Crippen LogP contribution in [0.3, 0.4) is 0 Å². The molecule has 1 amide bonds. The van der Waals surface area contributed by atoms with Crippen molar-refractivity contribution in [2.75, 3.05) is 38.2 Å². The molecule has 0 aromatic heterocycles. The van der Waals surface area contributed by atoms with E-state index in [2.05, 4.69) is 10.2 Å². The third-order valence-corrected chi connectivity index (χ3v) is 8.68. The van der Waals surface area contributed by atoms with Crippen molar-refractivity contribution >= 4 is 21.6 Å². The van der Waals surface area contributed by atoms with Gasteiger partial charge in [-0.05, 0) is 68.3 Å². The van der Waals surface area contributed by atoms with Gasteiger partial charge in [0.15, 0.2) is 6.10 Å². The van der Waals surface area contributed by atoms with Crippen molar-refractivity contribution in [3.8, 4) is 11.5 Å². The molecule has 1 heterocycles. The number of carbonyl (C=O) groups excluding carboxylic acids is 1. The van der Waals surface area contributed by atoms with Gasteiger partial charge in [-0.3, -0.25) is 4.79 Å². The Morgan fingerprint density at radius 1 is 0.914 bits per heavy atom. The van der Waals surface area contributed by atoms with Crippen molar-refractivity contribution in [1.82, 2.24) is 9.62 Å². The number of nitrogens with one attached hydrogen (secondary N) is 1. The second-order valence-electron chi connectivity index (χ2n) is 9.16. The first kappa shape index (κ1) is 25.3. The highest BCUT2D eigenvalue weighted by Gasteiger charge is 2.29. The van der Waals surface area contributed by atoms with E-state index in [9.17, 15) is 13.2 Å². The zero-order chi connectivity index (χ0) is 24.8. The first-order chi connectivity index (χ1) is 16.9. The van der Waals surface area contributed by atoms with Crippen LogP contribution in [0.4, 0.5) is 5.69 Å². The van der Waals surface area contributed by atoms with Gasteiger partial charge in [-0.25, -0.2) is 8.42 Å². The van der Waals surface area contributed by atoms with Crippen LogP contribution >= 0.6 is 0 Å². The maximum Gasteiger partial charge on any atom is 0.260 e. The Labute approximate surface area is 208 Å². The van der Waals surface area contributed by atoms with Crippen LogP contribution in [0, 0.1) is 0 Å². The normalized spacial score (nSPS) is 18.6. The van der Waals surface area contributed by atoms with E-state index in [0.717, 1.165) is 37.1 Å². The molecule has 1 N–H and O–H groups in total. The SMILES string of the molecule is COc1ccc(N2CCN(S(=O)(=O)c3ccc(O[C@@H](C)C(=O)NC4CCCCC4)cc3)CC2)cc1. The largest absolute Gasteiger partial charge is 0.497 e. The van der Waals surface area contributed by atoms with Gasteiger partial charge in [0, 0.05) is 37.9 Å². The Balaban J connectivity index is 1.31. The summed E-state index contributed by atoms with van der Waals surface area (Å²) in [6.07, 6.45) is 4.90. The predicted octanol–water partition coefficient (Wildman–Crippen LogP) is 3.42. The van der Waals surface area contributed by atoms with E-state index in [1.807, 2.05) is 24.3 Å². The van der Waals surface area contributed by atoms with Gasteiger partial charge in [0.25, 0.3) is 5.91 Å². The third kappa shape index (κ3) is 6.27. The summed E-state index contributed by atoms with van der Waals surface area (Å²) in [5.74, 6) is 1.13. The van der Waals surface area contributed by atoms with Gasteiger partial charge in [-0.15, -0.1) is 0 Å². The fourth-order valence-corrected chi connectivity index (χ4v) is 6.06. The summed E-state index contributed by atoms with van der Waals surface area (Å²) >= 11 is 0. The average molecular weight is 502 g/mol. The van der Waals surface area contributed by atoms with Crippen LogP contribution in [-0.2, 0) is 14.8 Å². The van der Waals surface area contributed by atoms with Crippen LogP contribution in [0.5, 0.6) is 11.5 Å². The molecule has 1 atom stereocenters. The van der Waals surface area contributed by atoms with Crippen molar-refractivity contribution < 1.29 is 22.7 Å². The summed E-state index contributed by atoms with van der Waals surface area (Å²) in [6, 6.07) is 14.3. The molecule has 4 rings (SSSR count). The van der Waals surface area contributed by atoms with Gasteiger partial charge >= 0.3 is 0 Å². The third-order valence-electron chi connectivity index (χ3n) is 6.77. The number of sulfonamides is 1. The molecule has 1 aliphatic heterocycles. The Bertz CT molecular complexity index is 1070. The molecule has 190 valence electrons. The molecule has 1 saturated heterocycles. The molecule has 9 heteroatoms. The maximum atomic E-state index is 13.2. The molecule has 35 heavy (non-hydrogen) atoms. The fraction of sp³-hybridized carbons (Fsp3) is 0.500. The molecular weight excluding hydrogens is 466 g/mol. The number of benzene rings is 2. The zero-order valence-corrected chi connectivity index (χ0v) is 21.3. The Morgan fingerprint density at radius 3 is 2.11 bits per heavy atom. The van der Waals surface area contributed by atoms with Crippen LogP contribution in [0.2, 0.25) is 0 Å². The highest BCUT2D eigenvalue weighted by Crippen LogP contribution is 2.25. The number of carbonyl (C=O) groups is 1. The first-order valence-corrected chi connectivity index (χ1v) is 13.8. The van der Waals surface area contributed by atoms with E-state index in [1.165, 1.54) is 10.7 Å². The maximum absolute atomic E-state index is 13.2. The molecule has 0 bridgehead atoms. The highest BCUT2D eigenvalue weighted by molar-refractivity contribution is 7.89. The lowest BCUT2D eigenvalue weighted by Crippen LogP contribution is -2.48. The van der Waals surface area contributed by atoms with Crippen molar-refractivity contribution in [3.05, 3.63) is 48.5 Å². The molecule has 1 aliphatic carbocycles. The van der Waals surface area contributed by atoms with Gasteiger partial charge in [0.05, 0.1) is 12.0 Å². The molecular formula is C26H35N3O5S. The second-order valence-corrected chi connectivity index (χ2v) is 11.1.